The Balaban J connectivity index is -0.000000238. The van der Waals surface area contributed by atoms with E-state index in [4.69, 9.17) is 15.9 Å². The van der Waals surface area contributed by atoms with E-state index in [1.165, 1.54) is 0 Å². The molecule has 0 amide bonds. The first-order valence-electron chi connectivity index (χ1n) is 6.60. The molecule has 0 aromatic carbocycles. The second-order valence-electron chi connectivity index (χ2n) is 5.26. The van der Waals surface area contributed by atoms with E-state index in [2.05, 4.69) is 9.80 Å². The number of likely N-dealkylation sites (N-methyl/N-ethyl adjacent to an activating group) is 2. The van der Waals surface area contributed by atoms with Gasteiger partial charge in [-0.05, 0) is 49.2 Å². The first-order chi connectivity index (χ1) is 8.67. The van der Waals surface area contributed by atoms with Crippen LogP contribution in [0.1, 0.15) is 6.92 Å². The molecule has 19 heavy (non-hydrogen) atoms. The van der Waals surface area contributed by atoms with Crippen molar-refractivity contribution in [1.29, 1.82) is 0 Å². The van der Waals surface area contributed by atoms with Crippen molar-refractivity contribution in [3.63, 3.8) is 0 Å². The van der Waals surface area contributed by atoms with E-state index in [1.54, 1.807) is 6.92 Å². The van der Waals surface area contributed by atoms with Crippen LogP contribution in [0.15, 0.2) is 0 Å². The minimum absolute atomic E-state index is 0.254. The Kier molecular flexibility index (Phi) is 22.3. The molecule has 0 rings (SSSR count). The molecule has 0 aromatic rings. The zero-order valence-corrected chi connectivity index (χ0v) is 13.9. The van der Waals surface area contributed by atoms with Crippen LogP contribution >= 0.6 is 0 Å². The molecule has 4 N–H and O–H groups in total. The highest BCUT2D eigenvalue weighted by molar-refractivity contribution is 4.51. The molecule has 6 nitrogen and oxygen atoms in total. The Morgan fingerprint density at radius 1 is 0.947 bits per heavy atom. The summed E-state index contributed by atoms with van der Waals surface area (Å²) in [6.45, 7) is 5.11. The molecular formula is C13H36N4O2. The predicted molar refractivity (Wildman–Crippen MR) is 83.5 cm³/mol. The van der Waals surface area contributed by atoms with Gasteiger partial charge in [-0.25, -0.2) is 0 Å². The molecule has 120 valence electrons. The molecule has 0 aliphatic carbocycles. The van der Waals surface area contributed by atoms with Gasteiger partial charge < -0.3 is 30.6 Å². The average Bonchev–Trinajstić information content (AvgIpc) is 2.27. The summed E-state index contributed by atoms with van der Waals surface area (Å²) in [4.78, 5) is 6.24. The summed E-state index contributed by atoms with van der Waals surface area (Å²) in [5.41, 5.74) is 4.92. The van der Waals surface area contributed by atoms with Crippen molar-refractivity contribution in [3.05, 3.63) is 0 Å². The summed E-state index contributed by atoms with van der Waals surface area (Å²) < 4.78 is 0. The van der Waals surface area contributed by atoms with Gasteiger partial charge in [-0.3, -0.25) is 0 Å². The summed E-state index contributed by atoms with van der Waals surface area (Å²) in [7, 11) is 12.1. The van der Waals surface area contributed by atoms with Crippen LogP contribution in [-0.4, -0.2) is 106 Å². The summed E-state index contributed by atoms with van der Waals surface area (Å²) >= 11 is 0. The second-order valence-corrected chi connectivity index (χ2v) is 5.26. The molecule has 0 saturated heterocycles. The van der Waals surface area contributed by atoms with Gasteiger partial charge >= 0.3 is 0 Å². The van der Waals surface area contributed by atoms with Gasteiger partial charge in [-0.15, -0.1) is 0 Å². The fourth-order valence-electron chi connectivity index (χ4n) is 0.653. The smallest absolute Gasteiger partial charge is 0.0634 e. The van der Waals surface area contributed by atoms with E-state index in [0.29, 0.717) is 6.54 Å². The lowest BCUT2D eigenvalue weighted by Gasteiger charge is -2.17. The van der Waals surface area contributed by atoms with E-state index in [9.17, 15) is 0 Å². The molecule has 0 saturated carbocycles. The predicted octanol–water partition coefficient (Wildman–Crippen LogP) is -1.02. The fourth-order valence-corrected chi connectivity index (χ4v) is 0.653. The molecule has 0 radical (unpaired) electrons. The Bertz CT molecular complexity index is 153. The molecule has 6 heteroatoms. The van der Waals surface area contributed by atoms with Crippen LogP contribution < -0.4 is 5.73 Å². The van der Waals surface area contributed by atoms with E-state index >= 15 is 0 Å². The van der Waals surface area contributed by atoms with E-state index in [-0.39, 0.29) is 12.7 Å². The van der Waals surface area contributed by atoms with Crippen molar-refractivity contribution in [2.45, 2.75) is 13.0 Å². The summed E-state index contributed by atoms with van der Waals surface area (Å²) in [6.07, 6.45) is -0.338. The zero-order chi connectivity index (χ0) is 15.8. The minimum Gasteiger partial charge on any atom is -0.395 e. The van der Waals surface area contributed by atoms with Crippen molar-refractivity contribution in [3.8, 4) is 0 Å². The highest BCUT2D eigenvalue weighted by Crippen LogP contribution is 1.81. The summed E-state index contributed by atoms with van der Waals surface area (Å²) in [5.74, 6) is 0. The lowest BCUT2D eigenvalue weighted by molar-refractivity contribution is 0.203. The standard InChI is InChI=1S/C7H18N2O.C3H9NO.C3H9N/c1-8(2)4-5-9(3)6-7-10;1-3(5)2-4;1-4(2)3/h10H,4-7H2,1-3H3;3,5H,2,4H2,1H3;1-3H3. The van der Waals surface area contributed by atoms with Crippen molar-refractivity contribution in [1.82, 2.24) is 14.7 Å². The molecule has 0 heterocycles. The topological polar surface area (TPSA) is 76.2 Å². The number of rotatable bonds is 6. The monoisotopic (exact) mass is 280 g/mol. The molecule has 1 unspecified atom stereocenters. The van der Waals surface area contributed by atoms with Gasteiger partial charge in [0, 0.05) is 26.2 Å². The maximum Gasteiger partial charge on any atom is 0.0634 e. The Labute approximate surface area is 119 Å². The summed E-state index contributed by atoms with van der Waals surface area (Å²) in [6, 6.07) is 0. The van der Waals surface area contributed by atoms with Crippen LogP contribution in [0.2, 0.25) is 0 Å². The van der Waals surface area contributed by atoms with E-state index < -0.39 is 0 Å². The number of hydrogen-bond donors (Lipinski definition) is 3. The van der Waals surface area contributed by atoms with Crippen molar-refractivity contribution in [2.24, 2.45) is 5.73 Å². The third-order valence-electron chi connectivity index (χ3n) is 1.75. The third kappa shape index (κ3) is 46.3. The molecule has 0 aliphatic rings. The molecule has 0 aromatic heterocycles. The van der Waals surface area contributed by atoms with Crippen LogP contribution in [0.5, 0.6) is 0 Å². The first kappa shape index (κ1) is 23.8. The van der Waals surface area contributed by atoms with Crippen molar-refractivity contribution >= 4 is 0 Å². The maximum absolute atomic E-state index is 8.55. The largest absolute Gasteiger partial charge is 0.395 e. The van der Waals surface area contributed by atoms with Gasteiger partial charge in [-0.2, -0.15) is 0 Å². The van der Waals surface area contributed by atoms with Crippen LogP contribution in [-0.2, 0) is 0 Å². The number of aliphatic hydroxyl groups is 2. The van der Waals surface area contributed by atoms with Crippen molar-refractivity contribution < 1.29 is 10.2 Å². The molecular weight excluding hydrogens is 244 g/mol. The lowest BCUT2D eigenvalue weighted by atomic mass is 10.4. The quantitative estimate of drug-likeness (QED) is 0.578. The van der Waals surface area contributed by atoms with Gasteiger partial charge in [0.25, 0.3) is 0 Å². The van der Waals surface area contributed by atoms with E-state index in [1.807, 2.05) is 47.2 Å². The van der Waals surface area contributed by atoms with Gasteiger partial charge in [0.1, 0.15) is 0 Å². The van der Waals surface area contributed by atoms with E-state index in [0.717, 1.165) is 19.6 Å². The fraction of sp³-hybridized carbons (Fsp3) is 1.00. The van der Waals surface area contributed by atoms with Gasteiger partial charge in [-0.1, -0.05) is 0 Å². The van der Waals surface area contributed by atoms with Gasteiger partial charge in [0.05, 0.1) is 12.7 Å². The zero-order valence-electron chi connectivity index (χ0n) is 13.9. The maximum atomic E-state index is 8.55. The van der Waals surface area contributed by atoms with Crippen LogP contribution in [0.4, 0.5) is 0 Å². The third-order valence-corrected chi connectivity index (χ3v) is 1.75. The lowest BCUT2D eigenvalue weighted by Crippen LogP contribution is -2.30. The number of hydrogen-bond acceptors (Lipinski definition) is 6. The molecule has 0 spiro atoms. The molecule has 0 aliphatic heterocycles. The average molecular weight is 280 g/mol. The van der Waals surface area contributed by atoms with Gasteiger partial charge in [0.2, 0.25) is 0 Å². The number of aliphatic hydroxyl groups excluding tert-OH is 2. The highest BCUT2D eigenvalue weighted by Gasteiger charge is 1.96. The normalized spacial score (nSPS) is 11.8. The number of nitrogens with two attached hydrogens (primary N) is 1. The first-order valence-corrected chi connectivity index (χ1v) is 6.60. The van der Waals surface area contributed by atoms with Gasteiger partial charge in [0.15, 0.2) is 0 Å². The second kappa shape index (κ2) is 17.8. The highest BCUT2D eigenvalue weighted by atomic mass is 16.3. The molecule has 0 fully saturated rings. The Hall–Kier alpha value is -0.240. The van der Waals surface area contributed by atoms with Crippen LogP contribution in [0, 0.1) is 0 Å². The minimum atomic E-state index is -0.338. The Morgan fingerprint density at radius 3 is 1.53 bits per heavy atom. The van der Waals surface area contributed by atoms with Crippen LogP contribution in [0.3, 0.4) is 0 Å². The Morgan fingerprint density at radius 2 is 1.32 bits per heavy atom. The molecule has 0 bridgehead atoms. The van der Waals surface area contributed by atoms with Crippen LogP contribution in [0.25, 0.3) is 0 Å². The van der Waals surface area contributed by atoms with Crippen molar-refractivity contribution in [2.75, 3.05) is 75.1 Å². The molecule has 1 atom stereocenters. The number of nitrogens with zero attached hydrogens (tertiary/aromatic N) is 3. The summed E-state index contributed by atoms with van der Waals surface area (Å²) in [5, 5.41) is 16.8. The SMILES string of the molecule is CC(O)CN.CN(C)C.CN(C)CCN(C)CCO.